The molecule has 4 nitrogen and oxygen atoms in total. The summed E-state index contributed by atoms with van der Waals surface area (Å²) in [6, 6.07) is 11.2. The predicted octanol–water partition coefficient (Wildman–Crippen LogP) is 3.51. The lowest BCUT2D eigenvalue weighted by Gasteiger charge is -2.26. The average Bonchev–Trinajstić information content (AvgIpc) is 2.86. The first-order valence-corrected chi connectivity index (χ1v) is 9.55. The molecule has 0 spiro atoms. The maximum Gasteiger partial charge on any atom is 0.268 e. The topological polar surface area (TPSA) is 43.8 Å². The Kier molecular flexibility index (Phi) is 5.46. The normalized spacial score (nSPS) is 19.3. The summed E-state index contributed by atoms with van der Waals surface area (Å²) in [5.74, 6) is -1.12. The lowest BCUT2D eigenvalue weighted by molar-refractivity contribution is -0.132. The van der Waals surface area contributed by atoms with Gasteiger partial charge in [-0.15, -0.1) is 0 Å². The lowest BCUT2D eigenvalue weighted by atomic mass is 9.87. The number of rotatable bonds is 6. The van der Waals surface area contributed by atoms with E-state index < -0.39 is 17.3 Å². The number of fused-ring (bicyclic) bond motifs is 1. The van der Waals surface area contributed by atoms with Crippen LogP contribution in [0, 0.1) is 5.82 Å². The van der Waals surface area contributed by atoms with Crippen LogP contribution in [0.25, 0.3) is 0 Å². The molecule has 138 valence electrons. The Labute approximate surface area is 161 Å². The molecule has 0 bridgehead atoms. The van der Waals surface area contributed by atoms with Crippen LogP contribution in [-0.2, 0) is 10.4 Å². The van der Waals surface area contributed by atoms with E-state index in [-0.39, 0.29) is 5.56 Å². The van der Waals surface area contributed by atoms with Crippen LogP contribution in [0.15, 0.2) is 46.9 Å². The first-order valence-electron chi connectivity index (χ1n) is 8.75. The highest BCUT2D eigenvalue weighted by Gasteiger charge is 2.53. The molecular weight excluding hydrogens is 399 g/mol. The number of anilines is 1. The van der Waals surface area contributed by atoms with E-state index in [1.165, 1.54) is 12.1 Å². The first-order chi connectivity index (χ1) is 12.4. The highest BCUT2D eigenvalue weighted by molar-refractivity contribution is 9.10. The molecule has 0 saturated carbocycles. The number of aliphatic hydroxyl groups is 1. The van der Waals surface area contributed by atoms with E-state index in [2.05, 4.69) is 34.7 Å². The molecule has 1 unspecified atom stereocenters. The second-order valence-corrected chi connectivity index (χ2v) is 7.16. The number of hydrogen-bond acceptors (Lipinski definition) is 3. The molecule has 26 heavy (non-hydrogen) atoms. The molecule has 1 N–H and O–H groups in total. The summed E-state index contributed by atoms with van der Waals surface area (Å²) in [5.41, 5.74) is -1.05. The van der Waals surface area contributed by atoms with Crippen LogP contribution >= 0.6 is 15.9 Å². The standard InChI is InChI=1S/C20H22BrFN2O2/c1-3-23(4-2)12-13-24-17-11-7-9-15(21)18(17)20(26,19(24)25)14-8-5-6-10-16(14)22/h5-11,26H,3-4,12-13H2,1-2H3. The maximum atomic E-state index is 14.5. The Bertz CT molecular complexity index is 825. The second-order valence-electron chi connectivity index (χ2n) is 6.31. The molecule has 1 heterocycles. The molecule has 1 atom stereocenters. The molecule has 2 aromatic rings. The Hall–Kier alpha value is -1.76. The fourth-order valence-electron chi connectivity index (χ4n) is 3.52. The Morgan fingerprint density at radius 3 is 2.50 bits per heavy atom. The predicted molar refractivity (Wildman–Crippen MR) is 104 cm³/mol. The van der Waals surface area contributed by atoms with Gasteiger partial charge in [0.1, 0.15) is 5.82 Å². The van der Waals surface area contributed by atoms with Gasteiger partial charge in [-0.3, -0.25) is 4.79 Å². The highest BCUT2D eigenvalue weighted by atomic mass is 79.9. The van der Waals surface area contributed by atoms with Gasteiger partial charge < -0.3 is 14.9 Å². The first kappa shape index (κ1) is 19.0. The third-order valence-electron chi connectivity index (χ3n) is 5.00. The van der Waals surface area contributed by atoms with Crippen molar-refractivity contribution in [3.8, 4) is 0 Å². The van der Waals surface area contributed by atoms with Gasteiger partial charge in [0.15, 0.2) is 0 Å². The zero-order chi connectivity index (χ0) is 18.9. The van der Waals surface area contributed by atoms with E-state index >= 15 is 0 Å². The van der Waals surface area contributed by atoms with Crippen LogP contribution in [-0.4, -0.2) is 42.1 Å². The third kappa shape index (κ3) is 2.96. The van der Waals surface area contributed by atoms with E-state index in [0.717, 1.165) is 13.1 Å². The number of carbonyl (C=O) groups is 1. The maximum absolute atomic E-state index is 14.5. The van der Waals surface area contributed by atoms with Crippen LogP contribution in [0.1, 0.15) is 25.0 Å². The highest BCUT2D eigenvalue weighted by Crippen LogP contribution is 2.48. The van der Waals surface area contributed by atoms with Gasteiger partial charge in [0.25, 0.3) is 5.91 Å². The van der Waals surface area contributed by atoms with Crippen molar-refractivity contribution < 1.29 is 14.3 Å². The van der Waals surface area contributed by atoms with Crippen molar-refractivity contribution >= 4 is 27.5 Å². The van der Waals surface area contributed by atoms with Gasteiger partial charge in [0.2, 0.25) is 5.60 Å². The summed E-state index contributed by atoms with van der Waals surface area (Å²) in [6.07, 6.45) is 0. The lowest BCUT2D eigenvalue weighted by Crippen LogP contribution is -2.44. The van der Waals surface area contributed by atoms with Gasteiger partial charge >= 0.3 is 0 Å². The van der Waals surface area contributed by atoms with Crippen molar-refractivity contribution in [3.63, 3.8) is 0 Å². The average molecular weight is 421 g/mol. The van der Waals surface area contributed by atoms with Crippen LogP contribution in [0.5, 0.6) is 0 Å². The smallest absolute Gasteiger partial charge is 0.268 e. The van der Waals surface area contributed by atoms with Crippen molar-refractivity contribution in [1.29, 1.82) is 0 Å². The van der Waals surface area contributed by atoms with Gasteiger partial charge in [-0.2, -0.15) is 0 Å². The number of likely N-dealkylation sites (N-methyl/N-ethyl adjacent to an activating group) is 1. The summed E-state index contributed by atoms with van der Waals surface area (Å²) >= 11 is 3.44. The van der Waals surface area contributed by atoms with Crippen molar-refractivity contribution in [2.24, 2.45) is 0 Å². The van der Waals surface area contributed by atoms with Crippen molar-refractivity contribution in [1.82, 2.24) is 4.90 Å². The zero-order valence-corrected chi connectivity index (χ0v) is 16.5. The Morgan fingerprint density at radius 1 is 1.15 bits per heavy atom. The van der Waals surface area contributed by atoms with E-state index in [1.807, 2.05) is 6.07 Å². The minimum atomic E-state index is -2.04. The molecular formula is C20H22BrFN2O2. The van der Waals surface area contributed by atoms with Crippen molar-refractivity contribution in [2.45, 2.75) is 19.4 Å². The quantitative estimate of drug-likeness (QED) is 0.777. The fraction of sp³-hybridized carbons (Fsp3) is 0.350. The molecule has 3 rings (SSSR count). The van der Waals surface area contributed by atoms with Crippen molar-refractivity contribution in [3.05, 3.63) is 63.9 Å². The number of nitrogens with zero attached hydrogens (tertiary/aromatic N) is 2. The van der Waals surface area contributed by atoms with Crippen LogP contribution in [0.4, 0.5) is 10.1 Å². The fourth-order valence-corrected chi connectivity index (χ4v) is 4.16. The molecule has 1 amide bonds. The zero-order valence-electron chi connectivity index (χ0n) is 14.9. The second kappa shape index (κ2) is 7.47. The van der Waals surface area contributed by atoms with Gasteiger partial charge in [-0.25, -0.2) is 4.39 Å². The van der Waals surface area contributed by atoms with Crippen molar-refractivity contribution in [2.75, 3.05) is 31.1 Å². The van der Waals surface area contributed by atoms with E-state index in [9.17, 15) is 14.3 Å². The molecule has 0 saturated heterocycles. The molecule has 0 aromatic heterocycles. The Morgan fingerprint density at radius 2 is 1.85 bits per heavy atom. The number of hydrogen-bond donors (Lipinski definition) is 1. The van der Waals surface area contributed by atoms with Crippen LogP contribution in [0.3, 0.4) is 0 Å². The molecule has 2 aromatic carbocycles. The summed E-state index contributed by atoms with van der Waals surface area (Å²) in [6.45, 7) is 6.99. The monoisotopic (exact) mass is 420 g/mol. The molecule has 1 aliphatic heterocycles. The Balaban J connectivity index is 2.09. The molecule has 0 aliphatic carbocycles. The molecule has 0 radical (unpaired) electrons. The molecule has 1 aliphatic rings. The van der Waals surface area contributed by atoms with Gasteiger partial charge in [-0.1, -0.05) is 54.0 Å². The largest absolute Gasteiger partial charge is 0.372 e. The van der Waals surface area contributed by atoms with E-state index in [1.54, 1.807) is 29.2 Å². The van der Waals surface area contributed by atoms with Crippen LogP contribution in [0.2, 0.25) is 0 Å². The van der Waals surface area contributed by atoms with Gasteiger partial charge in [-0.05, 0) is 31.3 Å². The minimum Gasteiger partial charge on any atom is -0.372 e. The summed E-state index contributed by atoms with van der Waals surface area (Å²) in [4.78, 5) is 17.0. The third-order valence-corrected chi connectivity index (χ3v) is 5.66. The SMILES string of the molecule is CCN(CC)CCN1C(=O)C(O)(c2ccccc2F)c2c(Br)cccc21. The summed E-state index contributed by atoms with van der Waals surface area (Å²) in [5, 5.41) is 11.4. The van der Waals surface area contributed by atoms with Gasteiger partial charge in [0, 0.05) is 28.7 Å². The summed E-state index contributed by atoms with van der Waals surface area (Å²) < 4.78 is 15.1. The number of benzene rings is 2. The molecule has 0 fully saturated rings. The number of carbonyl (C=O) groups excluding carboxylic acids is 1. The van der Waals surface area contributed by atoms with Crippen LogP contribution < -0.4 is 4.90 Å². The van der Waals surface area contributed by atoms with E-state index in [0.29, 0.717) is 28.8 Å². The minimum absolute atomic E-state index is 0.0245. The molecule has 6 heteroatoms. The summed E-state index contributed by atoms with van der Waals surface area (Å²) in [7, 11) is 0. The number of halogens is 2. The van der Waals surface area contributed by atoms with Gasteiger partial charge in [0.05, 0.1) is 5.69 Å². The van der Waals surface area contributed by atoms with E-state index in [4.69, 9.17) is 0 Å². The number of amides is 1.